The van der Waals surface area contributed by atoms with Crippen LogP contribution in [-0.4, -0.2) is 96.8 Å². The summed E-state index contributed by atoms with van der Waals surface area (Å²) in [4.78, 5) is 23.5. The fourth-order valence-corrected chi connectivity index (χ4v) is 10.3. The van der Waals surface area contributed by atoms with Crippen LogP contribution in [0.4, 0.5) is 0 Å². The van der Waals surface area contributed by atoms with Crippen molar-refractivity contribution in [1.29, 1.82) is 0 Å². The Hall–Kier alpha value is -0.660. The van der Waals surface area contributed by atoms with Crippen LogP contribution in [0.5, 0.6) is 0 Å². The molecule has 0 aliphatic heterocycles. The summed E-state index contributed by atoms with van der Waals surface area (Å²) >= 11 is 0. The average molecular weight is 964 g/mol. The molecular weight excluding hydrogens is 858 g/mol. The molecule has 0 bridgehead atoms. The summed E-state index contributed by atoms with van der Waals surface area (Å²) in [5, 5.41) is 64.3. The maximum absolute atomic E-state index is 13.0. The van der Waals surface area contributed by atoms with E-state index in [0.29, 0.717) is 19.3 Å². The number of carbonyl (C=O) groups excluding carboxylic acids is 1. The predicted octanol–water partition coefficient (Wildman–Crippen LogP) is 12.2. The highest BCUT2D eigenvalue weighted by atomic mass is 31.2. The van der Waals surface area contributed by atoms with Crippen LogP contribution in [-0.2, 0) is 18.4 Å². The van der Waals surface area contributed by atoms with Crippen molar-refractivity contribution in [2.75, 3.05) is 6.61 Å². The van der Waals surface area contributed by atoms with E-state index in [4.69, 9.17) is 9.05 Å². The van der Waals surface area contributed by atoms with Crippen LogP contribution in [0.25, 0.3) is 0 Å². The van der Waals surface area contributed by atoms with Crippen LogP contribution in [0.2, 0.25) is 0 Å². The van der Waals surface area contributed by atoms with Crippen LogP contribution < -0.4 is 5.32 Å². The number of hydrogen-bond acceptors (Lipinski definition) is 10. The van der Waals surface area contributed by atoms with Gasteiger partial charge in [-0.1, -0.05) is 258 Å². The molecule has 0 aromatic heterocycles. The topological polar surface area (TPSA) is 206 Å². The lowest BCUT2D eigenvalue weighted by Crippen LogP contribution is -2.64. The zero-order valence-electron chi connectivity index (χ0n) is 42.5. The fraction of sp³-hybridized carbons (Fsp3) is 0.981. The zero-order valence-corrected chi connectivity index (χ0v) is 43.4. The van der Waals surface area contributed by atoms with Crippen molar-refractivity contribution < 1.29 is 53.9 Å². The number of phosphoric ester groups is 1. The lowest BCUT2D eigenvalue weighted by Gasteiger charge is -2.41. The largest absolute Gasteiger partial charge is 0.472 e. The predicted molar refractivity (Wildman–Crippen MR) is 269 cm³/mol. The van der Waals surface area contributed by atoms with Crippen molar-refractivity contribution in [2.45, 2.75) is 326 Å². The number of carbonyl (C=O) groups is 1. The van der Waals surface area contributed by atoms with Gasteiger partial charge in [-0.15, -0.1) is 0 Å². The highest BCUT2D eigenvalue weighted by Crippen LogP contribution is 2.47. The Balaban J connectivity index is 2.25. The fourth-order valence-electron chi connectivity index (χ4n) is 9.38. The molecular formula is C53H106NO11P. The summed E-state index contributed by atoms with van der Waals surface area (Å²) in [5.41, 5.74) is 0. The number of unbranched alkanes of at least 4 members (excludes halogenated alkanes) is 37. The van der Waals surface area contributed by atoms with Crippen molar-refractivity contribution in [1.82, 2.24) is 5.32 Å². The third-order valence-corrected chi connectivity index (χ3v) is 14.9. The molecule has 0 aromatic rings. The van der Waals surface area contributed by atoms with Gasteiger partial charge in [0.15, 0.2) is 0 Å². The van der Waals surface area contributed by atoms with Gasteiger partial charge < -0.3 is 40.8 Å². The standard InChI is InChI=1S/C53H106NO11P/c1-3-5-7-9-11-13-15-17-18-19-20-21-22-23-24-25-26-27-28-29-30-31-33-35-37-39-41-43-47(56)54-45(46(55)42-40-38-36-34-32-16-14-12-10-8-6-4-2)44-64-66(62,63)65-53-51(60)49(58)48(57)50(59)52(53)61/h45-46,48-53,55,57-61H,3-44H2,1-2H3,(H,54,56)(H,62,63)/t45-,46+,48?,49+,50?,51?,52?,53?/m0/s1. The van der Waals surface area contributed by atoms with E-state index in [1.807, 2.05) is 0 Å². The summed E-state index contributed by atoms with van der Waals surface area (Å²) in [7, 11) is -5.05. The van der Waals surface area contributed by atoms with Crippen LogP contribution in [0.3, 0.4) is 0 Å². The Morgan fingerprint density at radius 3 is 1.05 bits per heavy atom. The lowest BCUT2D eigenvalue weighted by molar-refractivity contribution is -0.220. The molecule has 1 rings (SSSR count). The van der Waals surface area contributed by atoms with E-state index in [0.717, 1.165) is 38.5 Å². The molecule has 0 heterocycles. The third-order valence-electron chi connectivity index (χ3n) is 13.9. The van der Waals surface area contributed by atoms with Gasteiger partial charge in [-0.3, -0.25) is 13.8 Å². The number of phosphoric acid groups is 1. The molecule has 1 amide bonds. The van der Waals surface area contributed by atoms with Crippen molar-refractivity contribution in [3.05, 3.63) is 0 Å². The Bertz CT molecular complexity index is 1120. The summed E-state index contributed by atoms with van der Waals surface area (Å²) < 4.78 is 23.0. The smallest absolute Gasteiger partial charge is 0.391 e. The molecule has 1 aliphatic rings. The van der Waals surface area contributed by atoms with Crippen molar-refractivity contribution >= 4 is 13.7 Å². The Labute approximate surface area is 404 Å². The Morgan fingerprint density at radius 1 is 0.455 bits per heavy atom. The van der Waals surface area contributed by atoms with Gasteiger partial charge in [-0.2, -0.15) is 0 Å². The SMILES string of the molecule is CCCCCCCCCCCCCCCCCCCCCCCCCCCCCC(=O)N[C@@H](COP(=O)(O)OC1C(O)C(O)C(O)[C@@H](O)C1O)[C@H](O)CCCCCCCCCCCCCC. The summed E-state index contributed by atoms with van der Waals surface area (Å²) in [6, 6.07) is -1.03. The average Bonchev–Trinajstić information content (AvgIpc) is 3.30. The molecule has 0 radical (unpaired) electrons. The molecule has 8 N–H and O–H groups in total. The van der Waals surface area contributed by atoms with Gasteiger partial charge in [0.1, 0.15) is 36.6 Å². The molecule has 0 aromatic carbocycles. The van der Waals surface area contributed by atoms with E-state index in [1.165, 1.54) is 199 Å². The van der Waals surface area contributed by atoms with Gasteiger partial charge >= 0.3 is 7.82 Å². The van der Waals surface area contributed by atoms with Gasteiger partial charge in [0.25, 0.3) is 0 Å². The minimum atomic E-state index is -5.05. The second kappa shape index (κ2) is 43.2. The number of rotatable bonds is 48. The van der Waals surface area contributed by atoms with E-state index in [2.05, 4.69) is 19.2 Å². The van der Waals surface area contributed by atoms with E-state index >= 15 is 0 Å². The molecule has 0 spiro atoms. The first-order valence-corrected chi connectivity index (χ1v) is 29.5. The second-order valence-electron chi connectivity index (χ2n) is 20.1. The molecule has 1 fully saturated rings. The first kappa shape index (κ1) is 63.4. The summed E-state index contributed by atoms with van der Waals surface area (Å²) in [6.07, 6.45) is 37.3. The normalized spacial score (nSPS) is 21.8. The molecule has 0 saturated heterocycles. The Morgan fingerprint density at radius 2 is 0.727 bits per heavy atom. The van der Waals surface area contributed by atoms with Crippen molar-refractivity contribution in [3.8, 4) is 0 Å². The molecule has 13 heteroatoms. The second-order valence-corrected chi connectivity index (χ2v) is 21.6. The first-order chi connectivity index (χ1) is 31.9. The van der Waals surface area contributed by atoms with Crippen LogP contribution in [0.15, 0.2) is 0 Å². The molecule has 6 unspecified atom stereocenters. The number of hydrogen-bond donors (Lipinski definition) is 8. The third kappa shape index (κ3) is 33.8. The van der Waals surface area contributed by atoms with Crippen molar-refractivity contribution in [2.24, 2.45) is 0 Å². The minimum Gasteiger partial charge on any atom is -0.391 e. The number of amides is 1. The zero-order chi connectivity index (χ0) is 48.5. The molecule has 66 heavy (non-hydrogen) atoms. The number of aliphatic hydroxyl groups is 6. The van der Waals surface area contributed by atoms with E-state index < -0.39 is 63.2 Å². The quantitative estimate of drug-likeness (QED) is 0.0213. The lowest BCUT2D eigenvalue weighted by atomic mass is 9.85. The van der Waals surface area contributed by atoms with Gasteiger partial charge in [0.2, 0.25) is 5.91 Å². The highest BCUT2D eigenvalue weighted by Gasteiger charge is 2.51. The minimum absolute atomic E-state index is 0.243. The van der Waals surface area contributed by atoms with Crippen LogP contribution in [0.1, 0.15) is 277 Å². The number of aliphatic hydroxyl groups excluding tert-OH is 6. The van der Waals surface area contributed by atoms with Gasteiger partial charge in [0.05, 0.1) is 18.8 Å². The summed E-state index contributed by atoms with van der Waals surface area (Å²) in [6.45, 7) is 3.92. The molecule has 1 aliphatic carbocycles. The number of nitrogens with one attached hydrogen (secondary N) is 1. The maximum atomic E-state index is 13.0. The van der Waals surface area contributed by atoms with Crippen LogP contribution in [0, 0.1) is 0 Å². The van der Waals surface area contributed by atoms with E-state index in [9.17, 15) is 44.9 Å². The van der Waals surface area contributed by atoms with E-state index in [-0.39, 0.29) is 12.3 Å². The van der Waals surface area contributed by atoms with Gasteiger partial charge in [-0.05, 0) is 12.8 Å². The van der Waals surface area contributed by atoms with Crippen molar-refractivity contribution in [3.63, 3.8) is 0 Å². The monoisotopic (exact) mass is 964 g/mol. The van der Waals surface area contributed by atoms with E-state index in [1.54, 1.807) is 0 Å². The Kier molecular flexibility index (Phi) is 41.4. The maximum Gasteiger partial charge on any atom is 0.472 e. The van der Waals surface area contributed by atoms with Gasteiger partial charge in [0, 0.05) is 6.42 Å². The first-order valence-electron chi connectivity index (χ1n) is 28.0. The highest BCUT2D eigenvalue weighted by molar-refractivity contribution is 7.47. The molecule has 394 valence electrons. The van der Waals surface area contributed by atoms with Crippen LogP contribution >= 0.6 is 7.82 Å². The summed E-state index contributed by atoms with van der Waals surface area (Å²) in [5.74, 6) is -0.302. The molecule has 1 saturated carbocycles. The molecule has 12 nitrogen and oxygen atoms in total. The molecule has 9 atom stereocenters. The van der Waals surface area contributed by atoms with Gasteiger partial charge in [-0.25, -0.2) is 4.57 Å².